The fraction of sp³-hybridized carbons (Fsp3) is 0.192. The highest BCUT2D eigenvalue weighted by molar-refractivity contribution is 5.99. The van der Waals surface area contributed by atoms with Gasteiger partial charge in [0.05, 0.1) is 7.11 Å². The molecule has 1 amide bonds. The molecule has 4 rings (SSSR count). The third-order valence-electron chi connectivity index (χ3n) is 5.47. The number of methoxy groups -OCH3 is 1. The van der Waals surface area contributed by atoms with E-state index in [4.69, 9.17) is 9.15 Å². The standard InChI is InChI=1S/C26H25NO3/c1-18-23-17-21(29-2)13-14-24(23)30-25(18)26(28)27-16-15-22(19-9-5-3-6-10-19)20-11-7-4-8-12-20/h3-14,17,22H,15-16H2,1-2H3,(H,27,28). The van der Waals surface area contributed by atoms with E-state index in [0.717, 1.165) is 23.1 Å². The molecule has 0 spiro atoms. The molecule has 1 heterocycles. The predicted octanol–water partition coefficient (Wildman–Crippen LogP) is 5.70. The van der Waals surface area contributed by atoms with Crippen LogP contribution in [0.1, 0.15) is 39.6 Å². The zero-order chi connectivity index (χ0) is 20.9. The van der Waals surface area contributed by atoms with Crippen LogP contribution >= 0.6 is 0 Å². The molecular weight excluding hydrogens is 374 g/mol. The van der Waals surface area contributed by atoms with Crippen LogP contribution in [-0.4, -0.2) is 19.6 Å². The Morgan fingerprint density at radius 1 is 0.967 bits per heavy atom. The van der Waals surface area contributed by atoms with Gasteiger partial charge in [0.15, 0.2) is 5.76 Å². The lowest BCUT2D eigenvalue weighted by atomic mass is 9.88. The lowest BCUT2D eigenvalue weighted by molar-refractivity contribution is 0.0926. The van der Waals surface area contributed by atoms with Crippen LogP contribution in [0.5, 0.6) is 5.75 Å². The van der Waals surface area contributed by atoms with Gasteiger partial charge in [-0.3, -0.25) is 4.79 Å². The number of hydrogen-bond acceptors (Lipinski definition) is 3. The Balaban J connectivity index is 1.49. The molecule has 152 valence electrons. The lowest BCUT2D eigenvalue weighted by Gasteiger charge is -2.18. The normalized spacial score (nSPS) is 11.0. The number of ether oxygens (including phenoxy) is 1. The fourth-order valence-corrected chi connectivity index (χ4v) is 3.85. The summed E-state index contributed by atoms with van der Waals surface area (Å²) < 4.78 is 11.1. The molecule has 3 aromatic carbocycles. The lowest BCUT2D eigenvalue weighted by Crippen LogP contribution is -2.26. The number of nitrogens with one attached hydrogen (secondary N) is 1. The number of benzene rings is 3. The van der Waals surface area contributed by atoms with Gasteiger partial charge in [-0.25, -0.2) is 0 Å². The van der Waals surface area contributed by atoms with Crippen LogP contribution in [0.3, 0.4) is 0 Å². The Bertz CT molecular complexity index is 1090. The molecule has 0 bridgehead atoms. The van der Waals surface area contributed by atoms with Crippen molar-refractivity contribution in [1.82, 2.24) is 5.32 Å². The molecule has 0 saturated carbocycles. The van der Waals surface area contributed by atoms with E-state index in [1.165, 1.54) is 11.1 Å². The first kappa shape index (κ1) is 19.8. The summed E-state index contributed by atoms with van der Waals surface area (Å²) in [5, 5.41) is 3.93. The molecule has 0 fully saturated rings. The molecule has 0 aliphatic heterocycles. The highest BCUT2D eigenvalue weighted by atomic mass is 16.5. The highest BCUT2D eigenvalue weighted by Crippen LogP contribution is 2.29. The minimum absolute atomic E-state index is 0.192. The third kappa shape index (κ3) is 4.08. The molecule has 0 atom stereocenters. The summed E-state index contributed by atoms with van der Waals surface area (Å²) in [5.74, 6) is 1.12. The zero-order valence-corrected chi connectivity index (χ0v) is 17.2. The van der Waals surface area contributed by atoms with E-state index in [2.05, 4.69) is 53.8 Å². The smallest absolute Gasteiger partial charge is 0.287 e. The molecule has 0 saturated heterocycles. The van der Waals surface area contributed by atoms with Gasteiger partial charge >= 0.3 is 0 Å². The molecule has 0 aliphatic rings. The van der Waals surface area contributed by atoms with Crippen molar-refractivity contribution >= 4 is 16.9 Å². The number of fused-ring (bicyclic) bond motifs is 1. The Kier molecular flexibility index (Phi) is 5.84. The van der Waals surface area contributed by atoms with E-state index in [1.807, 2.05) is 37.3 Å². The van der Waals surface area contributed by atoms with Crippen molar-refractivity contribution in [3.05, 3.63) is 101 Å². The van der Waals surface area contributed by atoms with E-state index in [0.29, 0.717) is 17.9 Å². The van der Waals surface area contributed by atoms with Gasteiger partial charge in [-0.1, -0.05) is 60.7 Å². The van der Waals surface area contributed by atoms with Gasteiger partial charge in [-0.2, -0.15) is 0 Å². The summed E-state index contributed by atoms with van der Waals surface area (Å²) in [6.45, 7) is 2.45. The van der Waals surface area contributed by atoms with Crippen molar-refractivity contribution in [1.29, 1.82) is 0 Å². The topological polar surface area (TPSA) is 51.5 Å². The van der Waals surface area contributed by atoms with Crippen LogP contribution in [0.15, 0.2) is 83.3 Å². The second-order valence-corrected chi connectivity index (χ2v) is 7.34. The van der Waals surface area contributed by atoms with E-state index in [9.17, 15) is 4.79 Å². The molecule has 0 aliphatic carbocycles. The Hall–Kier alpha value is -3.53. The molecule has 1 aromatic heterocycles. The summed E-state index contributed by atoms with van der Waals surface area (Å²) in [4.78, 5) is 12.8. The predicted molar refractivity (Wildman–Crippen MR) is 119 cm³/mol. The molecular formula is C26H25NO3. The number of carbonyl (C=O) groups is 1. The van der Waals surface area contributed by atoms with Crippen LogP contribution in [0.25, 0.3) is 11.0 Å². The van der Waals surface area contributed by atoms with E-state index in [1.54, 1.807) is 7.11 Å². The first-order chi connectivity index (χ1) is 14.7. The second kappa shape index (κ2) is 8.87. The van der Waals surface area contributed by atoms with Crippen molar-refractivity contribution in [2.75, 3.05) is 13.7 Å². The summed E-state index contributed by atoms with van der Waals surface area (Å²) in [7, 11) is 1.63. The number of rotatable bonds is 7. The van der Waals surface area contributed by atoms with Gasteiger partial charge in [0.25, 0.3) is 5.91 Å². The summed E-state index contributed by atoms with van der Waals surface area (Å²) in [5.41, 5.74) is 3.99. The average Bonchev–Trinajstić information content (AvgIpc) is 3.13. The van der Waals surface area contributed by atoms with Gasteiger partial charge in [-0.15, -0.1) is 0 Å². The zero-order valence-electron chi connectivity index (χ0n) is 17.2. The van der Waals surface area contributed by atoms with Crippen LogP contribution in [-0.2, 0) is 0 Å². The van der Waals surface area contributed by atoms with E-state index in [-0.39, 0.29) is 11.8 Å². The maximum atomic E-state index is 12.8. The SMILES string of the molecule is COc1ccc2oc(C(=O)NCCC(c3ccccc3)c3ccccc3)c(C)c2c1. The molecule has 4 nitrogen and oxygen atoms in total. The largest absolute Gasteiger partial charge is 0.497 e. The van der Waals surface area contributed by atoms with Crippen LogP contribution in [0, 0.1) is 6.92 Å². The second-order valence-electron chi connectivity index (χ2n) is 7.34. The van der Waals surface area contributed by atoms with Crippen molar-refractivity contribution in [3.63, 3.8) is 0 Å². The Morgan fingerprint density at radius 2 is 1.60 bits per heavy atom. The average molecular weight is 399 g/mol. The Labute approximate surface area is 176 Å². The number of carbonyl (C=O) groups excluding carboxylic acids is 1. The number of hydrogen-bond donors (Lipinski definition) is 1. The van der Waals surface area contributed by atoms with Crippen molar-refractivity contribution in [3.8, 4) is 5.75 Å². The maximum Gasteiger partial charge on any atom is 0.287 e. The van der Waals surface area contributed by atoms with Gasteiger partial charge in [0, 0.05) is 23.4 Å². The first-order valence-corrected chi connectivity index (χ1v) is 10.1. The fourth-order valence-electron chi connectivity index (χ4n) is 3.85. The number of amides is 1. The van der Waals surface area contributed by atoms with Crippen molar-refractivity contribution < 1.29 is 13.9 Å². The van der Waals surface area contributed by atoms with Gasteiger partial charge in [-0.05, 0) is 42.7 Å². The molecule has 4 heteroatoms. The minimum Gasteiger partial charge on any atom is -0.497 e. The van der Waals surface area contributed by atoms with E-state index >= 15 is 0 Å². The molecule has 4 aromatic rings. The van der Waals surface area contributed by atoms with E-state index < -0.39 is 0 Å². The molecule has 0 radical (unpaired) electrons. The summed E-state index contributed by atoms with van der Waals surface area (Å²) in [6, 6.07) is 26.3. The Morgan fingerprint density at radius 3 is 2.20 bits per heavy atom. The summed E-state index contributed by atoms with van der Waals surface area (Å²) in [6.07, 6.45) is 0.798. The first-order valence-electron chi connectivity index (χ1n) is 10.1. The third-order valence-corrected chi connectivity index (χ3v) is 5.47. The quantitative estimate of drug-likeness (QED) is 0.434. The van der Waals surface area contributed by atoms with Gasteiger partial charge < -0.3 is 14.5 Å². The summed E-state index contributed by atoms with van der Waals surface area (Å²) >= 11 is 0. The van der Waals surface area contributed by atoms with Crippen molar-refractivity contribution in [2.24, 2.45) is 0 Å². The minimum atomic E-state index is -0.192. The highest BCUT2D eigenvalue weighted by Gasteiger charge is 2.19. The molecule has 1 N–H and O–H groups in total. The molecule has 0 unspecified atom stereocenters. The monoisotopic (exact) mass is 399 g/mol. The maximum absolute atomic E-state index is 12.8. The van der Waals surface area contributed by atoms with Crippen molar-refractivity contribution in [2.45, 2.75) is 19.3 Å². The number of furan rings is 1. The number of aryl methyl sites for hydroxylation is 1. The van der Waals surface area contributed by atoms with Crippen LogP contribution in [0.2, 0.25) is 0 Å². The van der Waals surface area contributed by atoms with Crippen LogP contribution in [0.4, 0.5) is 0 Å². The van der Waals surface area contributed by atoms with Gasteiger partial charge in [0.2, 0.25) is 0 Å². The van der Waals surface area contributed by atoms with Crippen LogP contribution < -0.4 is 10.1 Å². The van der Waals surface area contributed by atoms with Gasteiger partial charge in [0.1, 0.15) is 11.3 Å². The molecule has 30 heavy (non-hydrogen) atoms.